The monoisotopic (exact) mass is 374 g/mol. The van der Waals surface area contributed by atoms with Crippen molar-refractivity contribution in [2.75, 3.05) is 27.3 Å². The van der Waals surface area contributed by atoms with Gasteiger partial charge in [-0.3, -0.25) is 9.59 Å². The molecule has 0 atom stereocenters. The molecule has 0 radical (unpaired) electrons. The average molecular weight is 374 g/mol. The quantitative estimate of drug-likeness (QED) is 0.861. The Morgan fingerprint density at radius 1 is 1.11 bits per heavy atom. The lowest BCUT2D eigenvalue weighted by atomic mass is 9.66. The summed E-state index contributed by atoms with van der Waals surface area (Å²) >= 11 is 0. The summed E-state index contributed by atoms with van der Waals surface area (Å²) in [6.45, 7) is 3.18. The van der Waals surface area contributed by atoms with Crippen LogP contribution < -0.4 is 14.8 Å². The molecule has 0 unspecified atom stereocenters. The largest absolute Gasteiger partial charge is 0.493 e. The van der Waals surface area contributed by atoms with Crippen LogP contribution in [0.1, 0.15) is 56.6 Å². The summed E-state index contributed by atoms with van der Waals surface area (Å²) < 4.78 is 11.0. The molecule has 1 heterocycles. The van der Waals surface area contributed by atoms with Gasteiger partial charge in [-0.2, -0.15) is 0 Å². The maximum Gasteiger partial charge on any atom is 0.224 e. The van der Waals surface area contributed by atoms with E-state index in [9.17, 15) is 9.59 Å². The Kier molecular flexibility index (Phi) is 5.92. The smallest absolute Gasteiger partial charge is 0.224 e. The molecule has 6 heteroatoms. The van der Waals surface area contributed by atoms with Crippen LogP contribution in [0.2, 0.25) is 0 Å². The number of fused-ring (bicyclic) bond motifs is 2. The maximum absolute atomic E-state index is 12.8. The van der Waals surface area contributed by atoms with Crippen molar-refractivity contribution in [1.82, 2.24) is 10.2 Å². The number of benzene rings is 1. The van der Waals surface area contributed by atoms with Crippen molar-refractivity contribution in [2.45, 2.75) is 57.4 Å². The maximum atomic E-state index is 12.8. The zero-order valence-corrected chi connectivity index (χ0v) is 16.6. The molecule has 0 aromatic heterocycles. The van der Waals surface area contributed by atoms with Gasteiger partial charge in [-0.15, -0.1) is 0 Å². The minimum absolute atomic E-state index is 0.00491. The molecule has 1 spiro atoms. The van der Waals surface area contributed by atoms with Crippen LogP contribution in [0, 0.1) is 0 Å². The third kappa shape index (κ3) is 4.04. The normalized spacial score (nSPS) is 18.0. The van der Waals surface area contributed by atoms with Gasteiger partial charge < -0.3 is 19.7 Å². The van der Waals surface area contributed by atoms with E-state index in [2.05, 4.69) is 11.4 Å². The zero-order chi connectivity index (χ0) is 19.4. The second kappa shape index (κ2) is 8.19. The molecular formula is C21H30N2O4. The van der Waals surface area contributed by atoms with Gasteiger partial charge in [-0.25, -0.2) is 0 Å². The Labute approximate surface area is 161 Å². The summed E-state index contributed by atoms with van der Waals surface area (Å²) in [5.74, 6) is 1.45. The van der Waals surface area contributed by atoms with Crippen molar-refractivity contribution in [3.8, 4) is 11.5 Å². The van der Waals surface area contributed by atoms with E-state index < -0.39 is 0 Å². The minimum atomic E-state index is -0.104. The van der Waals surface area contributed by atoms with E-state index in [4.69, 9.17) is 9.47 Å². The first-order valence-electron chi connectivity index (χ1n) is 9.77. The molecule has 1 aromatic rings. The number of hydrogen-bond acceptors (Lipinski definition) is 4. The average Bonchev–Trinajstić information content (AvgIpc) is 2.67. The molecular weight excluding hydrogens is 344 g/mol. The highest BCUT2D eigenvalue weighted by Crippen LogP contribution is 2.47. The summed E-state index contributed by atoms with van der Waals surface area (Å²) in [6, 6.07) is 4.15. The van der Waals surface area contributed by atoms with Crippen LogP contribution in [-0.4, -0.2) is 44.0 Å². The van der Waals surface area contributed by atoms with Gasteiger partial charge in [0.05, 0.1) is 14.2 Å². The van der Waals surface area contributed by atoms with Crippen LogP contribution in [0.5, 0.6) is 11.5 Å². The SMILES string of the molecule is COc1cc2c(cc1OC)C1(CCCCC1)CN(C(=O)CCNC(C)=O)C2. The van der Waals surface area contributed by atoms with Crippen LogP contribution in [0.4, 0.5) is 0 Å². The molecule has 148 valence electrons. The fourth-order valence-electron chi connectivity index (χ4n) is 4.59. The zero-order valence-electron chi connectivity index (χ0n) is 16.6. The van der Waals surface area contributed by atoms with Crippen molar-refractivity contribution in [3.05, 3.63) is 23.3 Å². The second-order valence-corrected chi connectivity index (χ2v) is 7.69. The Balaban J connectivity index is 1.90. The van der Waals surface area contributed by atoms with Crippen LogP contribution in [0.25, 0.3) is 0 Å². The van der Waals surface area contributed by atoms with Gasteiger partial charge in [0, 0.05) is 38.4 Å². The molecule has 6 nitrogen and oxygen atoms in total. The Hall–Kier alpha value is -2.24. The Morgan fingerprint density at radius 3 is 2.41 bits per heavy atom. The van der Waals surface area contributed by atoms with Gasteiger partial charge in [-0.05, 0) is 36.1 Å². The van der Waals surface area contributed by atoms with Gasteiger partial charge in [0.1, 0.15) is 0 Å². The molecule has 1 aliphatic heterocycles. The van der Waals surface area contributed by atoms with Crippen LogP contribution in [-0.2, 0) is 21.5 Å². The molecule has 1 N–H and O–H groups in total. The second-order valence-electron chi connectivity index (χ2n) is 7.69. The number of carbonyl (C=O) groups excluding carboxylic acids is 2. The first-order chi connectivity index (χ1) is 13.0. The standard InChI is InChI=1S/C21H30N2O4/c1-15(24)22-10-7-20(25)23-13-16-11-18(26-2)19(27-3)12-17(16)21(14-23)8-5-4-6-9-21/h11-12H,4-10,13-14H2,1-3H3,(H,22,24). The van der Waals surface area contributed by atoms with E-state index in [0.29, 0.717) is 25.3 Å². The highest BCUT2D eigenvalue weighted by Gasteiger charge is 2.42. The fourth-order valence-corrected chi connectivity index (χ4v) is 4.59. The predicted molar refractivity (Wildman–Crippen MR) is 103 cm³/mol. The minimum Gasteiger partial charge on any atom is -0.493 e. The Bertz CT molecular complexity index is 710. The van der Waals surface area contributed by atoms with E-state index in [0.717, 1.165) is 30.7 Å². The summed E-state index contributed by atoms with van der Waals surface area (Å²) in [4.78, 5) is 25.8. The molecule has 1 aromatic carbocycles. The number of carbonyl (C=O) groups is 2. The van der Waals surface area contributed by atoms with E-state index in [-0.39, 0.29) is 17.2 Å². The first-order valence-corrected chi connectivity index (χ1v) is 9.77. The molecule has 27 heavy (non-hydrogen) atoms. The number of ether oxygens (including phenoxy) is 2. The van der Waals surface area contributed by atoms with E-state index in [1.165, 1.54) is 31.7 Å². The molecule has 1 fully saturated rings. The van der Waals surface area contributed by atoms with Crippen molar-refractivity contribution < 1.29 is 19.1 Å². The number of nitrogens with one attached hydrogen (secondary N) is 1. The Morgan fingerprint density at radius 2 is 1.78 bits per heavy atom. The van der Waals surface area contributed by atoms with Crippen LogP contribution in [0.3, 0.4) is 0 Å². The van der Waals surface area contributed by atoms with Gasteiger partial charge in [-0.1, -0.05) is 19.3 Å². The summed E-state index contributed by atoms with van der Waals surface area (Å²) in [7, 11) is 3.30. The van der Waals surface area contributed by atoms with E-state index in [1.54, 1.807) is 14.2 Å². The molecule has 2 amide bonds. The van der Waals surface area contributed by atoms with E-state index >= 15 is 0 Å². The number of nitrogens with zero attached hydrogens (tertiary/aromatic N) is 1. The van der Waals surface area contributed by atoms with Crippen molar-refractivity contribution in [3.63, 3.8) is 0 Å². The lowest BCUT2D eigenvalue weighted by Gasteiger charge is -2.47. The number of hydrogen-bond donors (Lipinski definition) is 1. The third-order valence-corrected chi connectivity index (χ3v) is 5.91. The lowest BCUT2D eigenvalue weighted by Crippen LogP contribution is -2.49. The molecule has 3 rings (SSSR count). The predicted octanol–water partition coefficient (Wildman–Crippen LogP) is 2.77. The van der Waals surface area contributed by atoms with E-state index in [1.807, 2.05) is 11.0 Å². The highest BCUT2D eigenvalue weighted by atomic mass is 16.5. The lowest BCUT2D eigenvalue weighted by molar-refractivity contribution is -0.133. The van der Waals surface area contributed by atoms with Crippen molar-refractivity contribution in [2.24, 2.45) is 0 Å². The van der Waals surface area contributed by atoms with Gasteiger partial charge >= 0.3 is 0 Å². The van der Waals surface area contributed by atoms with Crippen molar-refractivity contribution >= 4 is 11.8 Å². The topological polar surface area (TPSA) is 67.9 Å². The third-order valence-electron chi connectivity index (χ3n) is 5.91. The molecule has 2 aliphatic rings. The van der Waals surface area contributed by atoms with Gasteiger partial charge in [0.25, 0.3) is 0 Å². The fraction of sp³-hybridized carbons (Fsp3) is 0.619. The van der Waals surface area contributed by atoms with Crippen molar-refractivity contribution in [1.29, 1.82) is 0 Å². The van der Waals surface area contributed by atoms with Crippen LogP contribution in [0.15, 0.2) is 12.1 Å². The van der Waals surface area contributed by atoms with Crippen LogP contribution >= 0.6 is 0 Å². The first kappa shape index (κ1) is 19.5. The molecule has 0 saturated heterocycles. The van der Waals surface area contributed by atoms with Gasteiger partial charge in [0.15, 0.2) is 11.5 Å². The molecule has 0 bridgehead atoms. The number of rotatable bonds is 5. The number of amides is 2. The number of methoxy groups -OCH3 is 2. The highest BCUT2D eigenvalue weighted by molar-refractivity contribution is 5.78. The summed E-state index contributed by atoms with van der Waals surface area (Å²) in [6.07, 6.45) is 6.12. The molecule has 1 aliphatic carbocycles. The summed E-state index contributed by atoms with van der Waals surface area (Å²) in [5.41, 5.74) is 2.45. The summed E-state index contributed by atoms with van der Waals surface area (Å²) in [5, 5.41) is 2.72. The van der Waals surface area contributed by atoms with Gasteiger partial charge in [0.2, 0.25) is 11.8 Å². The molecule has 1 saturated carbocycles.